The molecule has 0 aromatic rings. The van der Waals surface area contributed by atoms with Crippen molar-refractivity contribution in [2.75, 3.05) is 19.8 Å². The van der Waals surface area contributed by atoms with Crippen molar-refractivity contribution in [1.29, 1.82) is 0 Å². The van der Waals surface area contributed by atoms with Crippen LogP contribution < -0.4 is 0 Å². The van der Waals surface area contributed by atoms with Crippen LogP contribution in [0.15, 0.2) is 109 Å². The van der Waals surface area contributed by atoms with Gasteiger partial charge in [0, 0.05) is 19.4 Å². The van der Waals surface area contributed by atoms with Crippen LogP contribution in [-0.2, 0) is 23.8 Å². The van der Waals surface area contributed by atoms with Crippen LogP contribution in [0.2, 0.25) is 0 Å². The van der Waals surface area contributed by atoms with Gasteiger partial charge < -0.3 is 14.2 Å². The average Bonchev–Trinajstić information content (AvgIpc) is 3.34. The highest BCUT2D eigenvalue weighted by molar-refractivity contribution is 5.69. The third kappa shape index (κ3) is 55.2. The zero-order chi connectivity index (χ0) is 49.2. The number of ether oxygens (including phenoxy) is 3. The van der Waals surface area contributed by atoms with E-state index in [1.807, 2.05) is 0 Å². The molecule has 0 N–H and O–H groups in total. The van der Waals surface area contributed by atoms with Crippen molar-refractivity contribution >= 4 is 11.9 Å². The van der Waals surface area contributed by atoms with E-state index < -0.39 is 6.10 Å². The molecule has 0 unspecified atom stereocenters. The lowest BCUT2D eigenvalue weighted by Crippen LogP contribution is -2.29. The number of esters is 2. The van der Waals surface area contributed by atoms with Crippen LogP contribution in [0.5, 0.6) is 0 Å². The highest BCUT2D eigenvalue weighted by Crippen LogP contribution is 2.15. The van der Waals surface area contributed by atoms with Crippen molar-refractivity contribution in [2.45, 2.75) is 258 Å². The quantitative estimate of drug-likeness (QED) is 0.0345. The second kappa shape index (κ2) is 57.9. The van der Waals surface area contributed by atoms with Gasteiger partial charge in [-0.15, -0.1) is 0 Å². The van der Waals surface area contributed by atoms with Crippen LogP contribution in [0.3, 0.4) is 0 Å². The number of allylic oxidation sites excluding steroid dienone is 18. The van der Waals surface area contributed by atoms with Crippen molar-refractivity contribution in [2.24, 2.45) is 0 Å². The molecule has 5 heteroatoms. The highest BCUT2D eigenvalue weighted by atomic mass is 16.6. The molecular formula is C63H106O5. The van der Waals surface area contributed by atoms with Crippen LogP contribution in [-0.4, -0.2) is 37.9 Å². The largest absolute Gasteiger partial charge is 0.463 e. The van der Waals surface area contributed by atoms with Crippen LogP contribution in [0.1, 0.15) is 252 Å². The topological polar surface area (TPSA) is 61.8 Å². The maximum absolute atomic E-state index is 12.7. The van der Waals surface area contributed by atoms with Crippen molar-refractivity contribution < 1.29 is 23.8 Å². The molecule has 0 aliphatic heterocycles. The molecular weight excluding hydrogens is 837 g/mol. The zero-order valence-corrected chi connectivity index (χ0v) is 44.6. The SMILES string of the molecule is CC/C=C\C/C=C\C/C=C\C/C=C\C/C=C\CCCCCC(=O)OC[C@H](COC(=O)CCCCCC/C=C\C/C=C\C/C=C\C/C=C\CC)OCCCCCCCCCCCCCCCCCC. The lowest BCUT2D eigenvalue weighted by Gasteiger charge is -2.18. The molecule has 0 aliphatic carbocycles. The summed E-state index contributed by atoms with van der Waals surface area (Å²) in [5.74, 6) is -0.397. The molecule has 0 fully saturated rings. The number of rotatable bonds is 51. The second-order valence-electron chi connectivity index (χ2n) is 18.4. The lowest BCUT2D eigenvalue weighted by molar-refractivity contribution is -0.155. The van der Waals surface area contributed by atoms with Crippen LogP contribution in [0, 0.1) is 0 Å². The van der Waals surface area contributed by atoms with Crippen LogP contribution in [0.25, 0.3) is 0 Å². The summed E-state index contributed by atoms with van der Waals surface area (Å²) in [6.45, 7) is 7.45. The first kappa shape index (κ1) is 64.6. The van der Waals surface area contributed by atoms with Gasteiger partial charge >= 0.3 is 11.9 Å². The summed E-state index contributed by atoms with van der Waals surface area (Å²) in [4.78, 5) is 25.3. The third-order valence-corrected chi connectivity index (χ3v) is 11.8. The van der Waals surface area contributed by atoms with Crippen LogP contribution >= 0.6 is 0 Å². The first-order chi connectivity index (χ1) is 33.6. The van der Waals surface area contributed by atoms with Gasteiger partial charge in [0.15, 0.2) is 0 Å². The summed E-state index contributed by atoms with van der Waals surface area (Å²) >= 11 is 0. The highest BCUT2D eigenvalue weighted by Gasteiger charge is 2.16. The summed E-state index contributed by atoms with van der Waals surface area (Å²) in [6.07, 6.45) is 79.8. The molecule has 68 heavy (non-hydrogen) atoms. The van der Waals surface area contributed by atoms with E-state index in [4.69, 9.17) is 14.2 Å². The summed E-state index contributed by atoms with van der Waals surface area (Å²) in [6, 6.07) is 0. The van der Waals surface area contributed by atoms with Gasteiger partial charge in [0.25, 0.3) is 0 Å². The number of carbonyl (C=O) groups excluding carboxylic acids is 2. The van der Waals surface area contributed by atoms with E-state index in [9.17, 15) is 9.59 Å². The molecule has 0 spiro atoms. The Labute approximate surface area is 421 Å². The Balaban J connectivity index is 4.38. The van der Waals surface area contributed by atoms with Gasteiger partial charge in [-0.1, -0.05) is 246 Å². The van der Waals surface area contributed by atoms with Gasteiger partial charge in [-0.05, 0) is 103 Å². The minimum absolute atomic E-state index is 0.127. The average molecular weight is 944 g/mol. The van der Waals surface area contributed by atoms with Crippen LogP contribution in [0.4, 0.5) is 0 Å². The molecule has 0 heterocycles. The smallest absolute Gasteiger partial charge is 0.305 e. The number of hydrogen-bond donors (Lipinski definition) is 0. The molecule has 0 amide bonds. The first-order valence-corrected chi connectivity index (χ1v) is 28.4. The summed E-state index contributed by atoms with van der Waals surface area (Å²) in [5.41, 5.74) is 0. The van der Waals surface area contributed by atoms with E-state index in [0.29, 0.717) is 19.4 Å². The van der Waals surface area contributed by atoms with Crippen molar-refractivity contribution in [1.82, 2.24) is 0 Å². The molecule has 0 saturated heterocycles. The molecule has 0 saturated carbocycles. The van der Waals surface area contributed by atoms with E-state index in [0.717, 1.165) is 128 Å². The minimum Gasteiger partial charge on any atom is -0.463 e. The summed E-state index contributed by atoms with van der Waals surface area (Å²) in [7, 11) is 0. The van der Waals surface area contributed by atoms with E-state index in [2.05, 4.69) is 130 Å². The maximum Gasteiger partial charge on any atom is 0.305 e. The van der Waals surface area contributed by atoms with Crippen molar-refractivity contribution in [3.8, 4) is 0 Å². The first-order valence-electron chi connectivity index (χ1n) is 28.4. The molecule has 1 atom stereocenters. The van der Waals surface area contributed by atoms with Crippen molar-refractivity contribution in [3.05, 3.63) is 109 Å². The molecule has 0 rings (SSSR count). The number of unbranched alkanes of at least 4 members (excludes halogenated alkanes) is 22. The Bertz CT molecular complexity index is 1340. The second-order valence-corrected chi connectivity index (χ2v) is 18.4. The van der Waals surface area contributed by atoms with E-state index in [-0.39, 0.29) is 25.2 Å². The predicted molar refractivity (Wildman–Crippen MR) is 297 cm³/mol. The molecule has 0 bridgehead atoms. The zero-order valence-electron chi connectivity index (χ0n) is 44.6. The van der Waals surface area contributed by atoms with Gasteiger partial charge in [0.05, 0.1) is 0 Å². The molecule has 5 nitrogen and oxygen atoms in total. The lowest BCUT2D eigenvalue weighted by atomic mass is 10.0. The maximum atomic E-state index is 12.7. The summed E-state index contributed by atoms with van der Waals surface area (Å²) in [5, 5.41) is 0. The molecule has 0 radical (unpaired) electrons. The minimum atomic E-state index is -0.430. The standard InChI is InChI=1S/C63H106O5/c1-4-7-10-13-16-19-22-25-28-31-32-34-36-39-42-45-48-51-54-57-63(65)68-60-61(66-58-55-52-49-46-43-40-37-30-27-24-21-18-15-12-9-6-3)59-67-62(64)56-53-50-47-44-41-38-35-33-29-26-23-20-17-14-11-8-5-2/h7-8,10-11,16-17,19-20,25-26,28-29,32,34-35,38-39,42,61H,4-6,9,12-15,18,21-24,27,30-31,33,36-37,40-41,43-60H2,1-3H3/b10-7-,11-8-,19-16-,20-17-,28-25-,29-26-,34-32-,38-35-,42-39-/t61-/m0/s1. The Hall–Kier alpha value is -3.44. The normalized spacial score (nSPS) is 13.0. The summed E-state index contributed by atoms with van der Waals surface area (Å²) < 4.78 is 17.5. The Kier molecular flexibility index (Phi) is 54.9. The van der Waals surface area contributed by atoms with Gasteiger partial charge in [0.1, 0.15) is 19.3 Å². The monoisotopic (exact) mass is 943 g/mol. The van der Waals surface area contributed by atoms with Gasteiger partial charge in [-0.3, -0.25) is 9.59 Å². The Morgan fingerprint density at radius 3 is 0.956 bits per heavy atom. The van der Waals surface area contributed by atoms with Crippen molar-refractivity contribution in [3.63, 3.8) is 0 Å². The fourth-order valence-corrected chi connectivity index (χ4v) is 7.62. The van der Waals surface area contributed by atoms with E-state index >= 15 is 0 Å². The molecule has 388 valence electrons. The van der Waals surface area contributed by atoms with Gasteiger partial charge in [0.2, 0.25) is 0 Å². The Morgan fingerprint density at radius 2 is 0.603 bits per heavy atom. The molecule has 0 aromatic heterocycles. The number of hydrogen-bond acceptors (Lipinski definition) is 5. The van der Waals surface area contributed by atoms with Gasteiger partial charge in [-0.2, -0.15) is 0 Å². The Morgan fingerprint density at radius 1 is 0.324 bits per heavy atom. The van der Waals surface area contributed by atoms with E-state index in [1.165, 1.54) is 89.9 Å². The predicted octanol–water partition coefficient (Wildman–Crippen LogP) is 19.6. The third-order valence-electron chi connectivity index (χ3n) is 11.8. The molecule has 0 aromatic carbocycles. The van der Waals surface area contributed by atoms with Gasteiger partial charge in [-0.25, -0.2) is 0 Å². The number of carbonyl (C=O) groups is 2. The fourth-order valence-electron chi connectivity index (χ4n) is 7.62. The molecule has 0 aliphatic rings. The fraction of sp³-hybridized carbons (Fsp3) is 0.683. The van der Waals surface area contributed by atoms with E-state index in [1.54, 1.807) is 0 Å².